The van der Waals surface area contributed by atoms with Gasteiger partial charge in [-0.15, -0.1) is 11.8 Å². The number of halogens is 3. The highest BCUT2D eigenvalue weighted by Crippen LogP contribution is 2.42. The number of fused-ring (bicyclic) bond motifs is 1. The van der Waals surface area contributed by atoms with Crippen LogP contribution in [0, 0.1) is 0 Å². The van der Waals surface area contributed by atoms with E-state index in [9.17, 15) is 18.0 Å². The van der Waals surface area contributed by atoms with Gasteiger partial charge in [-0.05, 0) is 29.5 Å². The van der Waals surface area contributed by atoms with Crippen molar-refractivity contribution >= 4 is 23.4 Å². The van der Waals surface area contributed by atoms with E-state index in [0.717, 1.165) is 12.1 Å². The summed E-state index contributed by atoms with van der Waals surface area (Å²) in [7, 11) is 0. The molecule has 1 unspecified atom stereocenters. The van der Waals surface area contributed by atoms with Gasteiger partial charge in [-0.25, -0.2) is 0 Å². The molecule has 1 N–H and O–H groups in total. The Morgan fingerprint density at radius 2 is 2.12 bits per heavy atom. The van der Waals surface area contributed by atoms with E-state index in [2.05, 4.69) is 5.32 Å². The van der Waals surface area contributed by atoms with Gasteiger partial charge in [-0.3, -0.25) is 4.79 Å². The molecular weight excluding hydrogens is 251 g/mol. The zero-order valence-electron chi connectivity index (χ0n) is 8.97. The van der Waals surface area contributed by atoms with Crippen LogP contribution in [0.15, 0.2) is 18.2 Å². The Kier molecular flexibility index (Phi) is 3.07. The quantitative estimate of drug-likeness (QED) is 0.883. The highest BCUT2D eigenvalue weighted by Gasteiger charge is 2.35. The molecule has 92 valence electrons. The number of hydrogen-bond acceptors (Lipinski definition) is 2. The van der Waals surface area contributed by atoms with Gasteiger partial charge in [0, 0.05) is 5.69 Å². The first-order valence-corrected chi connectivity index (χ1v) is 6.12. The van der Waals surface area contributed by atoms with E-state index in [4.69, 9.17) is 0 Å². The average molecular weight is 261 g/mol. The molecule has 0 spiro atoms. The Labute approximate surface area is 101 Å². The molecule has 0 bridgehead atoms. The number of thioether (sulfide) groups is 1. The van der Waals surface area contributed by atoms with Gasteiger partial charge in [0.15, 0.2) is 0 Å². The van der Waals surface area contributed by atoms with Crippen molar-refractivity contribution in [1.29, 1.82) is 0 Å². The molecule has 1 amide bonds. The Hall–Kier alpha value is -1.17. The molecule has 1 atom stereocenters. The van der Waals surface area contributed by atoms with Gasteiger partial charge < -0.3 is 5.32 Å². The van der Waals surface area contributed by atoms with Crippen molar-refractivity contribution in [1.82, 2.24) is 0 Å². The van der Waals surface area contributed by atoms with Crippen molar-refractivity contribution in [2.24, 2.45) is 0 Å². The normalized spacial score (nSPS) is 19.1. The van der Waals surface area contributed by atoms with Crippen LogP contribution in [0.1, 0.15) is 23.3 Å². The molecule has 1 aromatic rings. The first-order valence-electron chi connectivity index (χ1n) is 5.07. The van der Waals surface area contributed by atoms with E-state index in [0.29, 0.717) is 17.0 Å². The monoisotopic (exact) mass is 261 g/mol. The second-order valence-corrected chi connectivity index (χ2v) is 5.01. The summed E-state index contributed by atoms with van der Waals surface area (Å²) in [4.78, 5) is 11.6. The smallest absolute Gasteiger partial charge is 0.325 e. The van der Waals surface area contributed by atoms with E-state index in [1.54, 1.807) is 0 Å². The van der Waals surface area contributed by atoms with Crippen LogP contribution in [-0.2, 0) is 11.0 Å². The fraction of sp³-hybridized carbons (Fsp3) is 0.364. The number of alkyl halides is 3. The molecule has 1 heterocycles. The third kappa shape index (κ3) is 2.26. The molecule has 0 fully saturated rings. The number of carbonyl (C=O) groups is 1. The highest BCUT2D eigenvalue weighted by atomic mass is 32.2. The van der Waals surface area contributed by atoms with Gasteiger partial charge in [0.05, 0.1) is 5.56 Å². The summed E-state index contributed by atoms with van der Waals surface area (Å²) in [6.07, 6.45) is -4.37. The number of nitrogens with one attached hydrogen (secondary N) is 1. The Morgan fingerprint density at radius 3 is 2.71 bits per heavy atom. The average Bonchev–Trinajstić information content (AvgIpc) is 2.54. The molecule has 6 heteroatoms. The molecule has 1 aliphatic heterocycles. The molecule has 1 aromatic carbocycles. The van der Waals surface area contributed by atoms with E-state index >= 15 is 0 Å². The molecule has 1 aliphatic rings. The van der Waals surface area contributed by atoms with Crippen LogP contribution in [-0.4, -0.2) is 11.7 Å². The molecule has 0 aromatic heterocycles. The highest BCUT2D eigenvalue weighted by molar-refractivity contribution is 8.00. The first kappa shape index (κ1) is 12.3. The predicted molar refractivity (Wildman–Crippen MR) is 60.9 cm³/mol. The van der Waals surface area contributed by atoms with Gasteiger partial charge in [-0.2, -0.15) is 13.2 Å². The van der Waals surface area contributed by atoms with Crippen LogP contribution in [0.25, 0.3) is 0 Å². The van der Waals surface area contributed by atoms with Crippen molar-refractivity contribution in [3.05, 3.63) is 29.3 Å². The topological polar surface area (TPSA) is 29.1 Å². The Balaban J connectivity index is 2.42. The number of rotatable bonds is 2. The number of carbonyl (C=O) groups excluding carboxylic acids is 1. The minimum absolute atomic E-state index is 0.244. The minimum Gasteiger partial charge on any atom is -0.325 e. The number of benzene rings is 1. The van der Waals surface area contributed by atoms with E-state index in [1.165, 1.54) is 17.8 Å². The summed E-state index contributed by atoms with van der Waals surface area (Å²) in [6.45, 7) is 1.86. The van der Waals surface area contributed by atoms with E-state index in [1.807, 2.05) is 6.92 Å². The standard InChI is InChI=1S/C11H10F3NOS/c1-2-17-9-7-5-6(11(12,13)14)3-4-8(7)15-10(9)16/h3-5,9H,2H2,1H3,(H,15,16). The summed E-state index contributed by atoms with van der Waals surface area (Å²) in [5, 5.41) is 2.05. The molecule has 0 saturated heterocycles. The van der Waals surface area contributed by atoms with Crippen LogP contribution in [0.4, 0.5) is 18.9 Å². The number of anilines is 1. The molecule has 2 nitrogen and oxygen atoms in total. The maximum absolute atomic E-state index is 12.6. The largest absolute Gasteiger partial charge is 0.416 e. The van der Waals surface area contributed by atoms with Crippen LogP contribution in [0.5, 0.6) is 0 Å². The maximum Gasteiger partial charge on any atom is 0.416 e. The van der Waals surface area contributed by atoms with Crippen LogP contribution in [0.3, 0.4) is 0 Å². The third-order valence-electron chi connectivity index (χ3n) is 2.49. The van der Waals surface area contributed by atoms with Crippen LogP contribution in [0.2, 0.25) is 0 Å². The molecule has 0 aliphatic carbocycles. The van der Waals surface area contributed by atoms with Crippen LogP contribution >= 0.6 is 11.8 Å². The first-order chi connectivity index (χ1) is 7.93. The van der Waals surface area contributed by atoms with Gasteiger partial charge in [0.25, 0.3) is 0 Å². The molecule has 0 radical (unpaired) electrons. The van der Waals surface area contributed by atoms with Crippen LogP contribution < -0.4 is 5.32 Å². The lowest BCUT2D eigenvalue weighted by Gasteiger charge is -2.10. The van der Waals surface area contributed by atoms with Gasteiger partial charge in [0.1, 0.15) is 5.25 Å². The maximum atomic E-state index is 12.6. The van der Waals surface area contributed by atoms with Crippen molar-refractivity contribution in [3.63, 3.8) is 0 Å². The molecular formula is C11H10F3NOS. The number of hydrogen-bond donors (Lipinski definition) is 1. The summed E-state index contributed by atoms with van der Waals surface area (Å²) in [5.74, 6) is 0.430. The summed E-state index contributed by atoms with van der Waals surface area (Å²) < 4.78 is 37.7. The number of amides is 1. The van der Waals surface area contributed by atoms with Crippen molar-refractivity contribution in [2.75, 3.05) is 11.1 Å². The second-order valence-electron chi connectivity index (χ2n) is 3.62. The Morgan fingerprint density at radius 1 is 1.41 bits per heavy atom. The van der Waals surface area contributed by atoms with Crippen molar-refractivity contribution in [3.8, 4) is 0 Å². The molecule has 0 saturated carbocycles. The van der Waals surface area contributed by atoms with E-state index < -0.39 is 17.0 Å². The second kappa shape index (κ2) is 4.25. The summed E-state index contributed by atoms with van der Waals surface area (Å²) in [5.41, 5.74) is 0.195. The Bertz CT molecular complexity index is 459. The SMILES string of the molecule is CCSC1C(=O)Nc2ccc(C(F)(F)F)cc21. The minimum atomic E-state index is -4.37. The lowest BCUT2D eigenvalue weighted by molar-refractivity contribution is -0.137. The molecule has 17 heavy (non-hydrogen) atoms. The van der Waals surface area contributed by atoms with Crippen molar-refractivity contribution < 1.29 is 18.0 Å². The zero-order valence-corrected chi connectivity index (χ0v) is 9.78. The van der Waals surface area contributed by atoms with Crippen molar-refractivity contribution in [2.45, 2.75) is 18.3 Å². The fourth-order valence-electron chi connectivity index (χ4n) is 1.74. The molecule has 2 rings (SSSR count). The zero-order chi connectivity index (χ0) is 12.6. The lowest BCUT2D eigenvalue weighted by atomic mass is 10.1. The fourth-order valence-corrected chi connectivity index (χ4v) is 2.66. The summed E-state index contributed by atoms with van der Waals surface area (Å²) >= 11 is 1.33. The van der Waals surface area contributed by atoms with Gasteiger partial charge >= 0.3 is 6.18 Å². The lowest BCUT2D eigenvalue weighted by Crippen LogP contribution is -2.09. The van der Waals surface area contributed by atoms with E-state index in [-0.39, 0.29) is 5.91 Å². The third-order valence-corrected chi connectivity index (χ3v) is 3.63. The van der Waals surface area contributed by atoms with Gasteiger partial charge in [-0.1, -0.05) is 6.92 Å². The predicted octanol–water partition coefficient (Wildman–Crippen LogP) is 3.45. The summed E-state index contributed by atoms with van der Waals surface area (Å²) in [6, 6.07) is 3.35. The van der Waals surface area contributed by atoms with Gasteiger partial charge in [0.2, 0.25) is 5.91 Å².